The van der Waals surface area contributed by atoms with Crippen molar-refractivity contribution in [2.24, 2.45) is 0 Å². The van der Waals surface area contributed by atoms with Crippen LogP contribution in [0.2, 0.25) is 0 Å². The molecule has 12 nitrogen and oxygen atoms in total. The number of hydrogen-bond acceptors (Lipinski definition) is 11. The number of aliphatic hydroxyl groups is 3. The van der Waals surface area contributed by atoms with Gasteiger partial charge in [-0.15, -0.1) is 0 Å². The maximum absolute atomic E-state index is 12.8. The number of esters is 2. The molecule has 1 saturated heterocycles. The largest absolute Gasteiger partial charge is 0.462 e. The van der Waals surface area contributed by atoms with Crippen molar-refractivity contribution in [3.8, 4) is 0 Å². The molecule has 318 valence electrons. The van der Waals surface area contributed by atoms with Crippen LogP contribution in [0.5, 0.6) is 0 Å². The summed E-state index contributed by atoms with van der Waals surface area (Å²) in [6.45, 7) is 3.72. The predicted octanol–water partition coefficient (Wildman–Crippen LogP) is 7.89. The monoisotopic (exact) mass is 793 g/mol. The molecule has 0 spiro atoms. The predicted molar refractivity (Wildman–Crippen MR) is 210 cm³/mol. The smallest absolute Gasteiger partial charge is 0.306 e. The third-order valence-electron chi connectivity index (χ3n) is 9.85. The summed E-state index contributed by atoms with van der Waals surface area (Å²) < 4.78 is 53.9. The second kappa shape index (κ2) is 32.5. The highest BCUT2D eigenvalue weighted by molar-refractivity contribution is 7.85. The van der Waals surface area contributed by atoms with E-state index in [0.717, 1.165) is 38.5 Å². The number of ether oxygens (including phenoxy) is 4. The molecule has 0 aromatic heterocycles. The molecule has 13 heteroatoms. The topological polar surface area (TPSA) is 186 Å². The van der Waals surface area contributed by atoms with Crippen molar-refractivity contribution >= 4 is 22.1 Å². The zero-order valence-electron chi connectivity index (χ0n) is 33.6. The summed E-state index contributed by atoms with van der Waals surface area (Å²) in [4.78, 5) is 25.3. The van der Waals surface area contributed by atoms with Gasteiger partial charge in [-0.1, -0.05) is 142 Å². The van der Waals surface area contributed by atoms with Gasteiger partial charge in [-0.05, 0) is 38.5 Å². The minimum absolute atomic E-state index is 0.138. The molecule has 1 fully saturated rings. The number of carbonyl (C=O) groups is 2. The summed E-state index contributed by atoms with van der Waals surface area (Å²) in [5, 5.41) is 30.8. The van der Waals surface area contributed by atoms with Gasteiger partial charge in [-0.3, -0.25) is 14.1 Å². The van der Waals surface area contributed by atoms with Crippen molar-refractivity contribution < 1.29 is 56.8 Å². The Balaban J connectivity index is 2.49. The lowest BCUT2D eigenvalue weighted by molar-refractivity contribution is -0.297. The van der Waals surface area contributed by atoms with Gasteiger partial charge in [0.25, 0.3) is 10.1 Å². The van der Waals surface area contributed by atoms with Gasteiger partial charge >= 0.3 is 11.9 Å². The second-order valence-corrected chi connectivity index (χ2v) is 16.5. The van der Waals surface area contributed by atoms with Crippen LogP contribution in [0, 0.1) is 0 Å². The molecule has 0 saturated carbocycles. The summed E-state index contributed by atoms with van der Waals surface area (Å²) in [5.41, 5.74) is 0. The van der Waals surface area contributed by atoms with E-state index < -0.39 is 71.2 Å². The van der Waals surface area contributed by atoms with Crippen LogP contribution in [0.25, 0.3) is 0 Å². The lowest BCUT2D eigenvalue weighted by atomic mass is 10.00. The minimum atomic E-state index is -4.60. The van der Waals surface area contributed by atoms with E-state index >= 15 is 0 Å². The van der Waals surface area contributed by atoms with Crippen molar-refractivity contribution in [3.05, 3.63) is 12.2 Å². The van der Waals surface area contributed by atoms with Crippen LogP contribution in [0.3, 0.4) is 0 Å². The summed E-state index contributed by atoms with van der Waals surface area (Å²) >= 11 is 0. The van der Waals surface area contributed by atoms with Crippen LogP contribution < -0.4 is 0 Å². The fourth-order valence-corrected chi connectivity index (χ4v) is 7.19. The summed E-state index contributed by atoms with van der Waals surface area (Å²) in [6, 6.07) is 0. The lowest BCUT2D eigenvalue weighted by Gasteiger charge is -2.40. The molecule has 6 atom stereocenters. The quantitative estimate of drug-likeness (QED) is 0.0211. The maximum atomic E-state index is 12.8. The molecule has 2 unspecified atom stereocenters. The molecule has 0 aromatic rings. The number of hydrogen-bond donors (Lipinski definition) is 4. The first-order valence-corrected chi connectivity index (χ1v) is 22.9. The average Bonchev–Trinajstić information content (AvgIpc) is 3.13. The van der Waals surface area contributed by atoms with Gasteiger partial charge in [0.15, 0.2) is 12.4 Å². The zero-order chi connectivity index (χ0) is 39.9. The van der Waals surface area contributed by atoms with Gasteiger partial charge in [0.05, 0.1) is 6.61 Å². The molecule has 0 bridgehead atoms. The fraction of sp³-hybridized carbons (Fsp3) is 0.902. The van der Waals surface area contributed by atoms with Gasteiger partial charge in [0.2, 0.25) is 0 Å². The molecular formula is C41H76O12S. The number of aliphatic hydroxyl groups excluding tert-OH is 3. The Morgan fingerprint density at radius 3 is 1.57 bits per heavy atom. The van der Waals surface area contributed by atoms with E-state index in [4.69, 9.17) is 18.9 Å². The Morgan fingerprint density at radius 2 is 1.06 bits per heavy atom. The van der Waals surface area contributed by atoms with Crippen LogP contribution >= 0.6 is 0 Å². The van der Waals surface area contributed by atoms with Crippen LogP contribution in [0.1, 0.15) is 181 Å². The van der Waals surface area contributed by atoms with Crippen molar-refractivity contribution in [2.75, 3.05) is 19.0 Å². The van der Waals surface area contributed by atoms with E-state index in [9.17, 15) is 37.9 Å². The molecule has 0 aromatic carbocycles. The minimum Gasteiger partial charge on any atom is -0.462 e. The van der Waals surface area contributed by atoms with Gasteiger partial charge in [0, 0.05) is 12.8 Å². The Labute approximate surface area is 326 Å². The molecule has 0 aliphatic carbocycles. The van der Waals surface area contributed by atoms with Crippen LogP contribution in [0.15, 0.2) is 12.2 Å². The first kappa shape index (κ1) is 50.4. The summed E-state index contributed by atoms with van der Waals surface area (Å²) in [6.07, 6.45) is 22.7. The van der Waals surface area contributed by atoms with Crippen molar-refractivity contribution in [3.63, 3.8) is 0 Å². The Kier molecular flexibility index (Phi) is 30.3. The van der Waals surface area contributed by atoms with Gasteiger partial charge in [-0.2, -0.15) is 8.42 Å². The molecule has 4 N–H and O–H groups in total. The first-order valence-electron chi connectivity index (χ1n) is 21.2. The number of unbranched alkanes of at least 4 members (excludes halogenated alkanes) is 21. The molecule has 54 heavy (non-hydrogen) atoms. The molecule has 1 aliphatic rings. The zero-order valence-corrected chi connectivity index (χ0v) is 34.4. The van der Waals surface area contributed by atoms with E-state index in [1.165, 1.54) is 103 Å². The fourth-order valence-electron chi connectivity index (χ4n) is 6.49. The number of carbonyl (C=O) groups excluding carboxylic acids is 2. The molecule has 1 aliphatic heterocycles. The first-order chi connectivity index (χ1) is 26.0. The van der Waals surface area contributed by atoms with E-state index in [0.29, 0.717) is 12.8 Å². The Morgan fingerprint density at radius 1 is 0.611 bits per heavy atom. The highest BCUT2D eigenvalue weighted by atomic mass is 32.2. The third kappa shape index (κ3) is 27.1. The molecule has 0 radical (unpaired) electrons. The van der Waals surface area contributed by atoms with Crippen LogP contribution in [0.4, 0.5) is 0 Å². The third-order valence-corrected chi connectivity index (χ3v) is 10.6. The van der Waals surface area contributed by atoms with Gasteiger partial charge in [0.1, 0.15) is 36.8 Å². The highest BCUT2D eigenvalue weighted by Crippen LogP contribution is 2.24. The molecular weight excluding hydrogens is 717 g/mol. The normalized spacial score (nSPS) is 21.0. The molecule has 0 amide bonds. The van der Waals surface area contributed by atoms with Gasteiger partial charge < -0.3 is 34.3 Å². The van der Waals surface area contributed by atoms with Crippen molar-refractivity contribution in [1.29, 1.82) is 0 Å². The Bertz CT molecular complexity index is 1070. The highest BCUT2D eigenvalue weighted by Gasteiger charge is 2.46. The maximum Gasteiger partial charge on any atom is 0.306 e. The summed E-state index contributed by atoms with van der Waals surface area (Å²) in [7, 11) is -4.60. The second-order valence-electron chi connectivity index (χ2n) is 15.0. The van der Waals surface area contributed by atoms with Crippen molar-refractivity contribution in [1.82, 2.24) is 0 Å². The molecule has 1 heterocycles. The van der Waals surface area contributed by atoms with E-state index in [1.807, 2.05) is 0 Å². The standard InChI is InChI=1S/C41H76O12S/c1-3-5-7-9-11-13-15-16-17-18-20-22-24-26-28-30-37(43)52-34(31-50-36(42)29-27-25-23-21-19-14-12-10-8-6-4-2)32-51-41-40(46)39(45)38(44)35(53-41)33-54(47,48)49/h20,22,34-35,38-41,44-46H,3-19,21,23-33H2,1-2H3,(H,47,48,49)/b22-20+/t34-,35-,38-,39?,40?,41+/m1/s1. The number of allylic oxidation sites excluding steroid dienone is 2. The van der Waals surface area contributed by atoms with E-state index in [-0.39, 0.29) is 19.4 Å². The van der Waals surface area contributed by atoms with E-state index in [1.54, 1.807) is 0 Å². The van der Waals surface area contributed by atoms with Crippen molar-refractivity contribution in [2.45, 2.75) is 218 Å². The molecule has 1 rings (SSSR count). The van der Waals surface area contributed by atoms with Crippen LogP contribution in [-0.2, 0) is 38.7 Å². The van der Waals surface area contributed by atoms with E-state index in [2.05, 4.69) is 26.0 Å². The Hall–Kier alpha value is -1.61. The average molecular weight is 793 g/mol. The van der Waals surface area contributed by atoms with Gasteiger partial charge in [-0.25, -0.2) is 0 Å². The lowest BCUT2D eigenvalue weighted by Crippen LogP contribution is -2.60. The number of rotatable bonds is 35. The summed E-state index contributed by atoms with van der Waals surface area (Å²) in [5.74, 6) is -2.00. The van der Waals surface area contributed by atoms with Crippen LogP contribution in [-0.4, -0.2) is 96.0 Å². The SMILES string of the molecule is CCCCCCCCCCC/C=C/CCCCC(=O)O[C@H](COC(=O)CCCCCCCCCCCCC)CO[C@H]1O[C@H](CS(=O)(=O)O)[C@@H](O)C(O)C1O.